The van der Waals surface area contributed by atoms with Gasteiger partial charge in [-0.2, -0.15) is 0 Å². The van der Waals surface area contributed by atoms with Crippen LogP contribution in [0, 0.1) is 23.2 Å². The number of hydrogen-bond donors (Lipinski definition) is 1. The number of rotatable bonds is 4. The summed E-state index contributed by atoms with van der Waals surface area (Å²) in [5.41, 5.74) is 0.842. The Labute approximate surface area is 253 Å². The number of nitrogens with one attached hydrogen (secondary N) is 1. The van der Waals surface area contributed by atoms with Gasteiger partial charge in [-0.25, -0.2) is 4.79 Å². The van der Waals surface area contributed by atoms with Crippen LogP contribution in [0.25, 0.3) is 0 Å². The van der Waals surface area contributed by atoms with Crippen molar-refractivity contribution in [2.24, 2.45) is 23.2 Å². The van der Waals surface area contributed by atoms with E-state index in [9.17, 15) is 19.2 Å². The lowest BCUT2D eigenvalue weighted by molar-refractivity contribution is -0.140. The molecule has 4 fully saturated rings. The van der Waals surface area contributed by atoms with Crippen molar-refractivity contribution in [3.63, 3.8) is 0 Å². The largest absolute Gasteiger partial charge is 0.456 e. The van der Waals surface area contributed by atoms with E-state index in [2.05, 4.69) is 5.32 Å². The highest BCUT2D eigenvalue weighted by atomic mass is 16.6. The minimum absolute atomic E-state index is 0.0513. The number of ether oxygens (including phenoxy) is 4. The number of hydrogen-bond acceptors (Lipinski definition) is 8. The predicted octanol–water partition coefficient (Wildman–Crippen LogP) is 6.26. The molecule has 1 amide bonds. The molecule has 2 aliphatic heterocycles. The number of carbonyl (C=O) groups is 4. The summed E-state index contributed by atoms with van der Waals surface area (Å²) in [5.74, 6) is 1.59. The quantitative estimate of drug-likeness (QED) is 0.278. The molecule has 9 rings (SSSR count). The van der Waals surface area contributed by atoms with E-state index in [0.717, 1.165) is 19.3 Å². The Morgan fingerprint density at radius 2 is 1.27 bits per heavy atom. The van der Waals surface area contributed by atoms with Gasteiger partial charge < -0.3 is 24.3 Å². The lowest BCUT2D eigenvalue weighted by atomic mass is 9.49. The second-order valence-corrected chi connectivity index (χ2v) is 13.1. The van der Waals surface area contributed by atoms with Gasteiger partial charge in [-0.3, -0.25) is 14.4 Å². The highest BCUT2D eigenvalue weighted by molar-refractivity contribution is 6.01. The number of esters is 3. The van der Waals surface area contributed by atoms with E-state index >= 15 is 0 Å². The number of anilines is 1. The van der Waals surface area contributed by atoms with Crippen LogP contribution in [0.1, 0.15) is 79.4 Å². The summed E-state index contributed by atoms with van der Waals surface area (Å²) in [6.45, 7) is 2.61. The van der Waals surface area contributed by atoms with Gasteiger partial charge in [0.25, 0.3) is 0 Å². The molecule has 9 nitrogen and oxygen atoms in total. The van der Waals surface area contributed by atoms with E-state index in [1.807, 2.05) is 12.1 Å². The highest BCUT2D eigenvalue weighted by Gasteiger charge is 2.56. The maximum absolute atomic E-state index is 13.8. The van der Waals surface area contributed by atoms with Gasteiger partial charge in [0.05, 0.1) is 11.0 Å². The van der Waals surface area contributed by atoms with Crippen LogP contribution in [0.4, 0.5) is 5.69 Å². The highest BCUT2D eigenvalue weighted by Crippen LogP contribution is 2.61. The molecule has 9 heteroatoms. The van der Waals surface area contributed by atoms with Crippen molar-refractivity contribution in [1.29, 1.82) is 0 Å². The first-order valence-corrected chi connectivity index (χ1v) is 15.1. The van der Waals surface area contributed by atoms with E-state index < -0.39 is 23.5 Å². The first-order chi connectivity index (χ1) is 21.1. The van der Waals surface area contributed by atoms with E-state index in [1.54, 1.807) is 42.5 Å². The zero-order chi connectivity index (χ0) is 30.4. The third kappa shape index (κ3) is 4.05. The van der Waals surface area contributed by atoms with Crippen molar-refractivity contribution in [2.45, 2.75) is 58.0 Å². The fourth-order valence-corrected chi connectivity index (χ4v) is 8.88. The zero-order valence-electron chi connectivity index (χ0n) is 24.4. The number of benzene rings is 3. The van der Waals surface area contributed by atoms with E-state index in [4.69, 9.17) is 18.9 Å². The topological polar surface area (TPSA) is 117 Å². The van der Waals surface area contributed by atoms with Crippen LogP contribution in [0.5, 0.6) is 23.0 Å². The number of fused-ring (bicyclic) bond motifs is 6. The monoisotopic (exact) mass is 593 g/mol. The summed E-state index contributed by atoms with van der Waals surface area (Å²) in [4.78, 5) is 50.7. The minimum atomic E-state index is -1.39. The van der Waals surface area contributed by atoms with Gasteiger partial charge in [-0.1, -0.05) is 6.07 Å². The fourth-order valence-electron chi connectivity index (χ4n) is 8.88. The van der Waals surface area contributed by atoms with Crippen molar-refractivity contribution >= 4 is 29.5 Å². The maximum Gasteiger partial charge on any atom is 0.340 e. The standard InChI is InChI=1S/C35H31NO8/c1-18(37)41-24-4-7-28-30(13-24)43-31-14-25(42-19(2)38)5-8-29(31)35(28)27-6-3-23(12-26(27)32(39)44-35)36-33(40)34-15-20-9-21(16-34)11-22(10-20)17-34/h3-8,12-14,20-22H,9-11,15-17H2,1-2H3,(H,36,40). The van der Waals surface area contributed by atoms with E-state index in [1.165, 1.54) is 33.1 Å². The molecule has 0 atom stereocenters. The molecule has 6 aliphatic rings. The van der Waals surface area contributed by atoms with Crippen molar-refractivity contribution in [2.75, 3.05) is 5.32 Å². The summed E-state index contributed by atoms with van der Waals surface area (Å²) in [6, 6.07) is 15.1. The Morgan fingerprint density at radius 3 is 1.80 bits per heavy atom. The molecular weight excluding hydrogens is 562 g/mol. The van der Waals surface area contributed by atoms with Crippen molar-refractivity contribution in [1.82, 2.24) is 0 Å². The first kappa shape index (κ1) is 26.9. The normalized spacial score (nSPS) is 26.1. The van der Waals surface area contributed by atoms with Crippen LogP contribution < -0.4 is 19.5 Å². The van der Waals surface area contributed by atoms with Crippen molar-refractivity contribution in [3.05, 3.63) is 76.9 Å². The summed E-state index contributed by atoms with van der Waals surface area (Å²) >= 11 is 0. The molecule has 1 N–H and O–H groups in total. The average molecular weight is 594 g/mol. The molecule has 1 spiro atoms. The molecule has 2 heterocycles. The Hall–Kier alpha value is -4.66. The Balaban J connectivity index is 1.19. The Morgan fingerprint density at radius 1 is 0.750 bits per heavy atom. The van der Waals surface area contributed by atoms with Crippen LogP contribution in [0.15, 0.2) is 54.6 Å². The van der Waals surface area contributed by atoms with Crippen LogP contribution in [-0.2, 0) is 24.7 Å². The van der Waals surface area contributed by atoms with Gasteiger partial charge in [-0.15, -0.1) is 0 Å². The van der Waals surface area contributed by atoms with Crippen LogP contribution in [0.2, 0.25) is 0 Å². The van der Waals surface area contributed by atoms with Crippen LogP contribution in [0.3, 0.4) is 0 Å². The summed E-state index contributed by atoms with van der Waals surface area (Å²) in [7, 11) is 0. The van der Waals surface area contributed by atoms with Gasteiger partial charge in [0.1, 0.15) is 23.0 Å². The Kier molecular flexibility index (Phi) is 5.76. The molecule has 3 aromatic rings. The van der Waals surface area contributed by atoms with Gasteiger partial charge in [0.2, 0.25) is 5.91 Å². The number of amides is 1. The third-order valence-corrected chi connectivity index (χ3v) is 10.1. The van der Waals surface area contributed by atoms with Gasteiger partial charge in [-0.05, 0) is 92.7 Å². The molecule has 0 radical (unpaired) electrons. The Bertz CT molecular complexity index is 1690. The smallest absolute Gasteiger partial charge is 0.340 e. The molecule has 44 heavy (non-hydrogen) atoms. The van der Waals surface area contributed by atoms with Crippen molar-refractivity contribution in [3.8, 4) is 23.0 Å². The number of carbonyl (C=O) groups excluding carboxylic acids is 4. The molecule has 3 aromatic carbocycles. The zero-order valence-corrected chi connectivity index (χ0v) is 24.4. The minimum Gasteiger partial charge on any atom is -0.456 e. The fraction of sp³-hybridized carbons (Fsp3) is 0.371. The lowest BCUT2D eigenvalue weighted by Crippen LogP contribution is -2.51. The molecular formula is C35H31NO8. The van der Waals surface area contributed by atoms with Gasteiger partial charge in [0.15, 0.2) is 5.60 Å². The summed E-state index contributed by atoms with van der Waals surface area (Å²) in [6.07, 6.45) is 6.57. The van der Waals surface area contributed by atoms with E-state index in [0.29, 0.717) is 57.2 Å². The van der Waals surface area contributed by atoms with E-state index in [-0.39, 0.29) is 22.8 Å². The van der Waals surface area contributed by atoms with Crippen LogP contribution >= 0.6 is 0 Å². The predicted molar refractivity (Wildman–Crippen MR) is 157 cm³/mol. The van der Waals surface area contributed by atoms with Crippen molar-refractivity contribution < 1.29 is 38.1 Å². The van der Waals surface area contributed by atoms with Gasteiger partial charge >= 0.3 is 17.9 Å². The van der Waals surface area contributed by atoms with Crippen LogP contribution in [-0.4, -0.2) is 23.8 Å². The third-order valence-electron chi connectivity index (χ3n) is 10.1. The molecule has 4 bridgehead atoms. The first-order valence-electron chi connectivity index (χ1n) is 15.1. The molecule has 4 saturated carbocycles. The molecule has 4 aliphatic carbocycles. The lowest BCUT2D eigenvalue weighted by Gasteiger charge is -2.55. The summed E-state index contributed by atoms with van der Waals surface area (Å²) < 4.78 is 23.1. The molecule has 0 saturated heterocycles. The molecule has 224 valence electrons. The second-order valence-electron chi connectivity index (χ2n) is 13.1. The SMILES string of the molecule is CC(=O)Oc1ccc2c(c1)Oc1cc(OC(C)=O)ccc1C21OC(=O)c2cc(NC(=O)C34CC5CC(CC(C5)C3)C4)ccc21. The molecule has 0 unspecified atom stereocenters. The second kappa shape index (κ2) is 9.42. The van der Waals surface area contributed by atoms with Gasteiger partial charge in [0, 0.05) is 48.4 Å². The maximum atomic E-state index is 13.8. The summed E-state index contributed by atoms with van der Waals surface area (Å²) in [5, 5.41) is 3.16. The average Bonchev–Trinajstić information content (AvgIpc) is 3.23. The molecule has 0 aromatic heterocycles.